The second kappa shape index (κ2) is 46.1. The molecule has 0 aliphatic carbocycles. The molecular weight excluding hydrogens is 1980 g/mol. The Morgan fingerprint density at radius 1 is 0.375 bits per heavy atom. The highest BCUT2D eigenvalue weighted by molar-refractivity contribution is 6.32. The highest BCUT2D eigenvalue weighted by atomic mass is 35.5. The predicted molar refractivity (Wildman–Crippen MR) is 527 cm³/mol. The standard InChI is InChI=1S/C25H31ClF3N7O2.C25H30ClF3N6O2.C23H27ClF3N7O2.C22H27ClFN7O2/c1-25(28,29)14-9-15(26)11-16(10-14)33-18-5-4-7-36(24(18)38)19-12-35(8-6-17(19)23(37)34(2)3)22-20(27)21(30)31-13-32-22;1-3-20(36)17-6-8-34(23-21(27)22(30)31-13-32-23)12-19(17)35-7-4-5-18(24(35)37)33-16-10-14(25(2,28)29)9-15(26)11-16;1-23(26,27)12-7-13(24)9-14(8-12)32-16-3-2-5-34(22(16)36)17-10-33(6-4-15(17)20(29)35)21-18(25)19(28)30-11-31-21;1-12-7-13(23)9-14(8-12)29-16-3-2-5-31(22(16)33)17-10-30(6-4-15(17)20(26)32)21-18(24)19(25)27-11-28-21/h9-11,13,17-19,33H,4-8,12H2,1-3H3,(H2,30,31,32);9-11,13,17-19,33H,3-8,12H2,1-2H3,(H2,30,31,32);7-9,11,15-17,32H,2-6,10H2,1H3,(H2,29,35)(H2,28,30,31);7-9,11,15-17,29H,2-6,10H2,1H3,(H2,26,32)(H2,25,27,28)/t2*17-,18+,19-;2*15-,16+,17-/m0000/s1. The molecule has 0 radical (unpaired) electrons. The number of alkyl halides is 6. The summed E-state index contributed by atoms with van der Waals surface area (Å²) in [5, 5.41) is 13.4. The Kier molecular flexibility index (Phi) is 34.7. The number of carbonyl (C=O) groups excluding carboxylic acids is 8. The molecule has 776 valence electrons. The Hall–Kier alpha value is -12.8. The fourth-order valence-corrected chi connectivity index (χ4v) is 20.9. The molecule has 0 spiro atoms. The molecule has 4 aromatic heterocycles. The Balaban J connectivity index is 0.000000161. The van der Waals surface area contributed by atoms with Gasteiger partial charge < -0.3 is 99.8 Å². The van der Waals surface area contributed by atoms with E-state index in [4.69, 9.17) is 80.8 Å². The van der Waals surface area contributed by atoms with Gasteiger partial charge in [0, 0.05) is 185 Å². The molecule has 0 saturated carbocycles. The average molecular weight is 2090 g/mol. The number of rotatable bonds is 24. The van der Waals surface area contributed by atoms with Crippen LogP contribution >= 0.6 is 46.4 Å². The van der Waals surface area contributed by atoms with Gasteiger partial charge in [0.15, 0.2) is 46.5 Å². The van der Waals surface area contributed by atoms with Gasteiger partial charge in [-0.3, -0.25) is 38.4 Å². The van der Waals surface area contributed by atoms with Gasteiger partial charge in [-0.1, -0.05) is 53.3 Å². The molecule has 4 aromatic carbocycles. The molecule has 8 aliphatic heterocycles. The summed E-state index contributed by atoms with van der Waals surface area (Å²) in [5.41, 5.74) is 35.7. The van der Waals surface area contributed by atoms with E-state index in [1.807, 2.05) is 19.1 Å². The van der Waals surface area contributed by atoms with E-state index in [-0.39, 0.29) is 158 Å². The lowest BCUT2D eigenvalue weighted by molar-refractivity contribution is -0.144. The summed E-state index contributed by atoms with van der Waals surface area (Å²) in [6.07, 6.45) is 11.1. The lowest BCUT2D eigenvalue weighted by Crippen LogP contribution is -2.62. The molecule has 8 aromatic rings. The smallest absolute Gasteiger partial charge is 0.270 e. The number of nitrogens with zero attached hydrogens (tertiary/aromatic N) is 17. The minimum Gasteiger partial charge on any atom is -0.381 e. The van der Waals surface area contributed by atoms with Crippen molar-refractivity contribution in [2.45, 2.75) is 184 Å². The topological polar surface area (TPSA) is 473 Å². The van der Waals surface area contributed by atoms with Crippen LogP contribution < -0.4 is 75.3 Å². The highest BCUT2D eigenvalue weighted by Crippen LogP contribution is 2.42. The summed E-state index contributed by atoms with van der Waals surface area (Å²) < 4.78 is 142. The maximum atomic E-state index is 14.7. The number of hydrogen-bond donors (Lipinski definition) is 10. The molecule has 8 saturated heterocycles. The number of halogens is 14. The lowest BCUT2D eigenvalue weighted by atomic mass is 9.84. The number of nitrogens with one attached hydrogen (secondary N) is 4. The van der Waals surface area contributed by atoms with Crippen LogP contribution in [-0.4, -0.2) is 252 Å². The summed E-state index contributed by atoms with van der Waals surface area (Å²) in [4.78, 5) is 150. The minimum absolute atomic E-state index is 0.0125. The molecule has 12 heterocycles. The third kappa shape index (κ3) is 25.8. The zero-order valence-electron chi connectivity index (χ0n) is 80.0. The first-order valence-corrected chi connectivity index (χ1v) is 48.5. The molecule has 144 heavy (non-hydrogen) atoms. The van der Waals surface area contributed by atoms with Gasteiger partial charge in [-0.05, 0) is 162 Å². The number of benzene rings is 4. The van der Waals surface area contributed by atoms with E-state index in [0.717, 1.165) is 44.8 Å². The van der Waals surface area contributed by atoms with E-state index in [9.17, 15) is 82.3 Å². The SMILES string of the molecule is CC(F)(F)c1cc(Cl)cc(N[C@@H]2CCCN([C@H]3CN(c4ncnc(N)c4F)CC[C@@H]3C(N)=O)C2=O)c1.CCC(=O)[C@H]1CCN(c2ncnc(N)c2F)C[C@@H]1N1CCC[C@@H](Nc2cc(Cl)cc(C(C)(F)F)c2)C1=O.CN(C)C(=O)[C@H]1CCN(c2ncnc(N)c2F)C[C@@H]1N1CCC[C@@H](Nc2cc(Cl)cc(C(C)(F)F)c2)C1=O.Cc1cc(Cl)cc(N[C@@H]2CCCN([C@H]3CN(c4ncnc(N)c4F)CC[C@@H]3C(N)=O)C2=O)c1. The molecule has 0 unspecified atom stereocenters. The van der Waals surface area contributed by atoms with Crippen LogP contribution in [0.15, 0.2) is 98.1 Å². The van der Waals surface area contributed by atoms with Gasteiger partial charge in [0.25, 0.3) is 17.8 Å². The van der Waals surface area contributed by atoms with Crippen molar-refractivity contribution in [1.29, 1.82) is 0 Å². The summed E-state index contributed by atoms with van der Waals surface area (Å²) >= 11 is 24.3. The summed E-state index contributed by atoms with van der Waals surface area (Å²) in [6, 6.07) is 12.6. The quantitative estimate of drug-likeness (QED) is 0.0251. The van der Waals surface area contributed by atoms with Crippen molar-refractivity contribution in [3.8, 4) is 0 Å². The van der Waals surface area contributed by atoms with Crippen LogP contribution in [0.1, 0.15) is 133 Å². The molecule has 7 amide bonds. The van der Waals surface area contributed by atoms with Gasteiger partial charge in [-0.15, -0.1) is 0 Å². The van der Waals surface area contributed by atoms with E-state index in [1.54, 1.807) is 66.3 Å². The Labute approximate surface area is 844 Å². The van der Waals surface area contributed by atoms with Crippen LogP contribution in [0.5, 0.6) is 0 Å². The van der Waals surface area contributed by atoms with Crippen LogP contribution in [0, 0.1) is 53.9 Å². The molecule has 12 atom stereocenters. The van der Waals surface area contributed by atoms with Crippen LogP contribution in [0.2, 0.25) is 20.1 Å². The maximum Gasteiger partial charge on any atom is 0.270 e. The van der Waals surface area contributed by atoms with Crippen molar-refractivity contribution >= 4 is 163 Å². The number of primary amides is 2. The first-order valence-electron chi connectivity index (χ1n) is 47.0. The first-order chi connectivity index (χ1) is 68.0. The minimum atomic E-state index is -3.11. The number of Topliss-reactive ketones (excluding diaryl/α,β-unsaturated/α-hetero) is 1. The maximum absolute atomic E-state index is 14.7. The summed E-state index contributed by atoms with van der Waals surface area (Å²) in [6.45, 7) is 9.77. The van der Waals surface area contributed by atoms with Crippen LogP contribution in [-0.2, 0) is 56.1 Å². The number of amides is 7. The van der Waals surface area contributed by atoms with Gasteiger partial charge in [-0.25, -0.2) is 66.2 Å². The van der Waals surface area contributed by atoms with Crippen molar-refractivity contribution in [3.05, 3.63) is 164 Å². The van der Waals surface area contributed by atoms with Gasteiger partial charge in [0.2, 0.25) is 64.6 Å². The van der Waals surface area contributed by atoms with Gasteiger partial charge >= 0.3 is 0 Å². The molecule has 16 N–H and O–H groups in total. The van der Waals surface area contributed by atoms with Crippen LogP contribution in [0.25, 0.3) is 0 Å². The number of carbonyl (C=O) groups is 8. The number of aromatic nitrogens is 8. The Morgan fingerprint density at radius 3 is 0.882 bits per heavy atom. The van der Waals surface area contributed by atoms with Crippen LogP contribution in [0.3, 0.4) is 0 Å². The number of nitrogen functional groups attached to an aromatic ring is 4. The average Bonchev–Trinajstić information content (AvgIpc) is 0.776. The number of likely N-dealkylation sites (tertiary alicyclic amines) is 4. The van der Waals surface area contributed by atoms with Crippen molar-refractivity contribution < 1.29 is 82.3 Å². The normalized spacial score (nSPS) is 22.9. The lowest BCUT2D eigenvalue weighted by Gasteiger charge is -2.47. The first kappa shape index (κ1) is 108. The number of ketones is 1. The van der Waals surface area contributed by atoms with Gasteiger partial charge in [0.1, 0.15) is 55.3 Å². The summed E-state index contributed by atoms with van der Waals surface area (Å²) in [5.74, 6) is -17.5. The number of piperidine rings is 8. The van der Waals surface area contributed by atoms with Crippen molar-refractivity contribution in [2.24, 2.45) is 35.1 Å². The second-order valence-electron chi connectivity index (χ2n) is 37.4. The monoisotopic (exact) mass is 2090 g/mol. The predicted octanol–water partition coefficient (Wildman–Crippen LogP) is 12.3. The Morgan fingerprint density at radius 2 is 0.625 bits per heavy atom. The van der Waals surface area contributed by atoms with Crippen molar-refractivity contribution in [3.63, 3.8) is 0 Å². The third-order valence-electron chi connectivity index (χ3n) is 27.1. The van der Waals surface area contributed by atoms with Gasteiger partial charge in [-0.2, -0.15) is 17.6 Å². The number of nitrogens with two attached hydrogens (primary N) is 6. The zero-order chi connectivity index (χ0) is 105. The van der Waals surface area contributed by atoms with E-state index in [2.05, 4.69) is 61.1 Å². The third-order valence-corrected chi connectivity index (χ3v) is 28.0. The molecule has 16 rings (SSSR count). The van der Waals surface area contributed by atoms with Crippen molar-refractivity contribution in [1.82, 2.24) is 64.4 Å². The molecule has 0 bridgehead atoms. The van der Waals surface area contributed by atoms with E-state index in [1.165, 1.54) is 78.5 Å². The molecule has 35 nitrogen and oxygen atoms in total. The molecule has 49 heteroatoms. The fourth-order valence-electron chi connectivity index (χ4n) is 19.9. The largest absolute Gasteiger partial charge is 0.381 e. The second-order valence-corrected chi connectivity index (χ2v) is 39.2. The van der Waals surface area contributed by atoms with Crippen molar-refractivity contribution in [2.75, 3.05) is 156 Å². The van der Waals surface area contributed by atoms with E-state index >= 15 is 0 Å². The van der Waals surface area contributed by atoms with E-state index in [0.29, 0.717) is 133 Å². The number of anilines is 12. The number of hydrogen-bond acceptors (Lipinski definition) is 28. The molecular formula is C95H115Cl4F10N27O8. The zero-order valence-corrected chi connectivity index (χ0v) is 83.0. The fraction of sp³-hybridized carbons (Fsp3) is 0.495. The molecule has 8 aliphatic rings. The Bertz CT molecular complexity index is 6020. The number of aryl methyl sites for hydroxylation is 1. The summed E-state index contributed by atoms with van der Waals surface area (Å²) in [7, 11) is 3.30. The molecule has 8 fully saturated rings. The van der Waals surface area contributed by atoms with Crippen LogP contribution in [0.4, 0.5) is 113 Å². The van der Waals surface area contributed by atoms with Gasteiger partial charge in [0.05, 0.1) is 41.9 Å². The van der Waals surface area contributed by atoms with E-state index < -0.39 is 125 Å². The highest BCUT2D eigenvalue weighted by Gasteiger charge is 2.50.